The van der Waals surface area contributed by atoms with E-state index in [0.29, 0.717) is 5.92 Å². The maximum Gasteiger partial charge on any atom is 0.0798 e. The molecule has 2 rings (SSSR count). The summed E-state index contributed by atoms with van der Waals surface area (Å²) in [6, 6.07) is 0. The van der Waals surface area contributed by atoms with Crippen molar-refractivity contribution in [1.82, 2.24) is 10.3 Å². The van der Waals surface area contributed by atoms with Crippen molar-refractivity contribution in [2.75, 3.05) is 6.54 Å². The van der Waals surface area contributed by atoms with E-state index >= 15 is 0 Å². The molecule has 0 aromatic carbocycles. The summed E-state index contributed by atoms with van der Waals surface area (Å²) in [7, 11) is 0. The zero-order chi connectivity index (χ0) is 10.7. The van der Waals surface area contributed by atoms with Crippen molar-refractivity contribution in [3.63, 3.8) is 0 Å². The molecule has 84 valence electrons. The van der Waals surface area contributed by atoms with Crippen LogP contribution in [0.25, 0.3) is 0 Å². The van der Waals surface area contributed by atoms with E-state index < -0.39 is 0 Å². The van der Waals surface area contributed by atoms with E-state index in [1.54, 1.807) is 11.3 Å². The van der Waals surface area contributed by atoms with Crippen LogP contribution in [0, 0.1) is 12.8 Å². The van der Waals surface area contributed by atoms with Gasteiger partial charge in [-0.1, -0.05) is 0 Å². The van der Waals surface area contributed by atoms with Gasteiger partial charge in [-0.3, -0.25) is 0 Å². The van der Waals surface area contributed by atoms with Gasteiger partial charge >= 0.3 is 0 Å². The van der Waals surface area contributed by atoms with Gasteiger partial charge in [-0.05, 0) is 38.6 Å². The quantitative estimate of drug-likeness (QED) is 0.821. The SMILES string of the molecule is Cc1ncsc1CNCC1CCC(O)C1. The highest BCUT2D eigenvalue weighted by atomic mass is 32.1. The largest absolute Gasteiger partial charge is 0.393 e. The van der Waals surface area contributed by atoms with Gasteiger partial charge < -0.3 is 10.4 Å². The molecule has 0 saturated heterocycles. The van der Waals surface area contributed by atoms with Gasteiger partial charge in [0.15, 0.2) is 0 Å². The number of aliphatic hydroxyl groups is 1. The van der Waals surface area contributed by atoms with Crippen LogP contribution in [0.5, 0.6) is 0 Å². The van der Waals surface area contributed by atoms with Crippen LogP contribution in [0.1, 0.15) is 29.8 Å². The van der Waals surface area contributed by atoms with Crippen molar-refractivity contribution in [2.24, 2.45) is 5.92 Å². The Morgan fingerprint density at radius 3 is 3.07 bits per heavy atom. The summed E-state index contributed by atoms with van der Waals surface area (Å²) in [5.41, 5.74) is 3.03. The molecule has 2 unspecified atom stereocenters. The number of aliphatic hydroxyl groups excluding tert-OH is 1. The molecule has 0 aliphatic heterocycles. The molecule has 15 heavy (non-hydrogen) atoms. The van der Waals surface area contributed by atoms with Crippen LogP contribution in [0.15, 0.2) is 5.51 Å². The minimum absolute atomic E-state index is 0.0538. The third kappa shape index (κ3) is 3.00. The number of thiazole rings is 1. The van der Waals surface area contributed by atoms with Crippen molar-refractivity contribution in [1.29, 1.82) is 0 Å². The van der Waals surface area contributed by atoms with Gasteiger partial charge in [0.2, 0.25) is 0 Å². The average molecular weight is 226 g/mol. The second-order valence-electron chi connectivity index (χ2n) is 4.32. The van der Waals surface area contributed by atoms with E-state index in [1.165, 1.54) is 4.88 Å². The number of nitrogens with zero attached hydrogens (tertiary/aromatic N) is 1. The Morgan fingerprint density at radius 1 is 1.60 bits per heavy atom. The van der Waals surface area contributed by atoms with E-state index in [9.17, 15) is 5.11 Å². The smallest absolute Gasteiger partial charge is 0.0798 e. The molecule has 1 aliphatic carbocycles. The van der Waals surface area contributed by atoms with Gasteiger partial charge in [-0.15, -0.1) is 11.3 Å². The number of aromatic nitrogens is 1. The van der Waals surface area contributed by atoms with E-state index in [4.69, 9.17) is 0 Å². The Labute approximate surface area is 94.5 Å². The fourth-order valence-electron chi connectivity index (χ4n) is 2.12. The van der Waals surface area contributed by atoms with Gasteiger partial charge in [-0.2, -0.15) is 0 Å². The van der Waals surface area contributed by atoms with Crippen molar-refractivity contribution in [2.45, 2.75) is 38.8 Å². The van der Waals surface area contributed by atoms with Crippen LogP contribution in [-0.2, 0) is 6.54 Å². The molecule has 2 atom stereocenters. The minimum atomic E-state index is -0.0538. The summed E-state index contributed by atoms with van der Waals surface area (Å²) in [4.78, 5) is 5.54. The van der Waals surface area contributed by atoms with Gasteiger partial charge in [-0.25, -0.2) is 4.98 Å². The van der Waals surface area contributed by atoms with Crippen LogP contribution in [0.2, 0.25) is 0 Å². The predicted molar refractivity (Wildman–Crippen MR) is 61.9 cm³/mol. The van der Waals surface area contributed by atoms with E-state index in [-0.39, 0.29) is 6.10 Å². The first-order chi connectivity index (χ1) is 7.25. The second-order valence-corrected chi connectivity index (χ2v) is 5.26. The molecular weight excluding hydrogens is 208 g/mol. The highest BCUT2D eigenvalue weighted by Crippen LogP contribution is 2.24. The lowest BCUT2D eigenvalue weighted by Gasteiger charge is -2.09. The molecule has 4 heteroatoms. The van der Waals surface area contributed by atoms with Gasteiger partial charge in [0.25, 0.3) is 0 Å². The Hall–Kier alpha value is -0.450. The van der Waals surface area contributed by atoms with Crippen molar-refractivity contribution in [3.8, 4) is 0 Å². The maximum atomic E-state index is 9.39. The molecule has 0 amide bonds. The maximum absolute atomic E-state index is 9.39. The van der Waals surface area contributed by atoms with Gasteiger partial charge in [0.1, 0.15) is 0 Å². The zero-order valence-corrected chi connectivity index (χ0v) is 9.89. The molecule has 0 spiro atoms. The standard InChI is InChI=1S/C11H18N2OS/c1-8-11(15-7-13-8)6-12-5-9-2-3-10(14)4-9/h7,9-10,12,14H,2-6H2,1H3. The topological polar surface area (TPSA) is 45.2 Å². The summed E-state index contributed by atoms with van der Waals surface area (Å²) in [6.07, 6.45) is 3.05. The lowest BCUT2D eigenvalue weighted by atomic mass is 10.1. The van der Waals surface area contributed by atoms with Crippen LogP contribution in [0.4, 0.5) is 0 Å². The summed E-state index contributed by atoms with van der Waals surface area (Å²) < 4.78 is 0. The summed E-state index contributed by atoms with van der Waals surface area (Å²) in [5.74, 6) is 0.660. The van der Waals surface area contributed by atoms with Crippen LogP contribution < -0.4 is 5.32 Å². The fraction of sp³-hybridized carbons (Fsp3) is 0.727. The Balaban J connectivity index is 1.69. The zero-order valence-electron chi connectivity index (χ0n) is 9.07. The summed E-state index contributed by atoms with van der Waals surface area (Å²) in [6.45, 7) is 3.99. The molecule has 0 bridgehead atoms. The first-order valence-electron chi connectivity index (χ1n) is 5.53. The second kappa shape index (κ2) is 5.05. The van der Waals surface area contributed by atoms with Crippen LogP contribution in [0.3, 0.4) is 0 Å². The predicted octanol–water partition coefficient (Wildman–Crippen LogP) is 1.70. The molecule has 1 aromatic heterocycles. The number of aryl methyl sites for hydroxylation is 1. The number of rotatable bonds is 4. The highest BCUT2D eigenvalue weighted by Gasteiger charge is 2.22. The number of hydrogen-bond acceptors (Lipinski definition) is 4. The molecule has 2 N–H and O–H groups in total. The Kier molecular flexibility index (Phi) is 3.72. The molecule has 1 heterocycles. The molecular formula is C11H18N2OS. The van der Waals surface area contributed by atoms with Crippen molar-refractivity contribution in [3.05, 3.63) is 16.1 Å². The first kappa shape index (κ1) is 11.0. The van der Waals surface area contributed by atoms with Crippen molar-refractivity contribution >= 4 is 11.3 Å². The lowest BCUT2D eigenvalue weighted by molar-refractivity contribution is 0.177. The van der Waals surface area contributed by atoms with Crippen LogP contribution in [-0.4, -0.2) is 22.7 Å². The molecule has 1 saturated carbocycles. The Bertz CT molecular complexity index is 313. The van der Waals surface area contributed by atoms with Gasteiger partial charge in [0.05, 0.1) is 17.3 Å². The lowest BCUT2D eigenvalue weighted by Crippen LogP contribution is -2.21. The Morgan fingerprint density at radius 2 is 2.47 bits per heavy atom. The summed E-state index contributed by atoms with van der Waals surface area (Å²) in [5, 5.41) is 12.8. The summed E-state index contributed by atoms with van der Waals surface area (Å²) >= 11 is 1.71. The first-order valence-corrected chi connectivity index (χ1v) is 6.41. The number of nitrogens with one attached hydrogen (secondary N) is 1. The minimum Gasteiger partial charge on any atom is -0.393 e. The average Bonchev–Trinajstić information content (AvgIpc) is 2.77. The van der Waals surface area contributed by atoms with Gasteiger partial charge in [0, 0.05) is 11.4 Å². The van der Waals surface area contributed by atoms with Crippen molar-refractivity contribution < 1.29 is 5.11 Å². The van der Waals surface area contributed by atoms with E-state index in [2.05, 4.69) is 10.3 Å². The molecule has 1 aromatic rings. The van der Waals surface area contributed by atoms with E-state index in [1.807, 2.05) is 12.4 Å². The third-order valence-corrected chi connectivity index (χ3v) is 4.01. The van der Waals surface area contributed by atoms with Crippen LogP contribution >= 0.6 is 11.3 Å². The third-order valence-electron chi connectivity index (χ3n) is 3.08. The normalized spacial score (nSPS) is 26.0. The molecule has 1 aliphatic rings. The molecule has 0 radical (unpaired) electrons. The molecule has 1 fully saturated rings. The monoisotopic (exact) mass is 226 g/mol. The van der Waals surface area contributed by atoms with E-state index in [0.717, 1.165) is 38.0 Å². The number of hydrogen-bond donors (Lipinski definition) is 2. The highest BCUT2D eigenvalue weighted by molar-refractivity contribution is 7.09. The molecule has 3 nitrogen and oxygen atoms in total. The fourth-order valence-corrected chi connectivity index (χ4v) is 2.87.